The van der Waals surface area contributed by atoms with Crippen molar-refractivity contribution in [3.05, 3.63) is 36.1 Å². The van der Waals surface area contributed by atoms with E-state index in [1.165, 1.54) is 5.56 Å². The van der Waals surface area contributed by atoms with Crippen LogP contribution in [0.3, 0.4) is 0 Å². The number of carbonyl (C=O) groups is 1. The summed E-state index contributed by atoms with van der Waals surface area (Å²) in [5.41, 5.74) is 2.22. The van der Waals surface area contributed by atoms with Gasteiger partial charge in [0.1, 0.15) is 5.58 Å². The van der Waals surface area contributed by atoms with Crippen LogP contribution in [0.2, 0.25) is 0 Å². The average molecular weight is 386 g/mol. The summed E-state index contributed by atoms with van der Waals surface area (Å²) in [6.07, 6.45) is 3.90. The number of hydrogen-bond donors (Lipinski definition) is 1. The Morgan fingerprint density at radius 2 is 2.00 bits per heavy atom. The second-order valence-electron chi connectivity index (χ2n) is 8.42. The Labute approximate surface area is 166 Å². The van der Waals surface area contributed by atoms with Crippen LogP contribution in [0.5, 0.6) is 0 Å². The predicted molar refractivity (Wildman–Crippen MR) is 109 cm³/mol. The minimum Gasteiger partial charge on any atom is -0.481 e. The van der Waals surface area contributed by atoms with E-state index >= 15 is 0 Å². The minimum absolute atomic E-state index is 0.268. The van der Waals surface area contributed by atoms with Gasteiger partial charge >= 0.3 is 5.97 Å². The number of benzene rings is 1. The quantitative estimate of drug-likeness (QED) is 0.825. The number of carboxylic acid groups (broad SMARTS) is 1. The molecule has 0 aliphatic carbocycles. The zero-order valence-corrected chi connectivity index (χ0v) is 16.7. The van der Waals surface area contributed by atoms with E-state index in [2.05, 4.69) is 33.9 Å². The van der Waals surface area contributed by atoms with Crippen molar-refractivity contribution in [3.8, 4) is 0 Å². The topological polar surface area (TPSA) is 60.2 Å². The van der Waals surface area contributed by atoms with Crippen LogP contribution in [0.1, 0.15) is 24.8 Å². The maximum atomic E-state index is 11.2. The van der Waals surface area contributed by atoms with Crippen LogP contribution < -0.4 is 0 Å². The molecule has 0 bridgehead atoms. The second kappa shape index (κ2) is 8.64. The molecule has 0 unspecified atom stereocenters. The monoisotopic (exact) mass is 385 g/mol. The first-order valence-electron chi connectivity index (χ1n) is 10.4. The molecule has 0 spiro atoms. The van der Waals surface area contributed by atoms with Crippen LogP contribution in [-0.4, -0.2) is 78.1 Å². The van der Waals surface area contributed by atoms with Gasteiger partial charge in [0.25, 0.3) is 0 Å². The lowest BCUT2D eigenvalue weighted by molar-refractivity contribution is -0.137. The summed E-state index contributed by atoms with van der Waals surface area (Å²) in [6.45, 7) is 7.38. The van der Waals surface area contributed by atoms with Crippen molar-refractivity contribution >= 4 is 16.9 Å². The third-order valence-corrected chi connectivity index (χ3v) is 6.44. The Hall–Kier alpha value is -1.89. The molecule has 2 aromatic rings. The molecule has 152 valence electrons. The van der Waals surface area contributed by atoms with Crippen LogP contribution in [0, 0.1) is 5.92 Å². The van der Waals surface area contributed by atoms with Gasteiger partial charge in [-0.15, -0.1) is 0 Å². The molecule has 2 saturated heterocycles. The number of fused-ring (bicyclic) bond motifs is 1. The fourth-order valence-electron chi connectivity index (χ4n) is 4.84. The van der Waals surface area contributed by atoms with Crippen molar-refractivity contribution < 1.29 is 14.3 Å². The minimum atomic E-state index is -0.681. The van der Waals surface area contributed by atoms with E-state index in [1.54, 1.807) is 6.26 Å². The van der Waals surface area contributed by atoms with Gasteiger partial charge in [0, 0.05) is 57.1 Å². The van der Waals surface area contributed by atoms with E-state index in [4.69, 9.17) is 4.42 Å². The number of likely N-dealkylation sites (N-methyl/N-ethyl adjacent to an activating group) is 1. The molecular formula is C22H31N3O3. The number of rotatable bonds is 6. The van der Waals surface area contributed by atoms with Gasteiger partial charge in [-0.2, -0.15) is 0 Å². The third-order valence-electron chi connectivity index (χ3n) is 6.44. The Balaban J connectivity index is 1.42. The molecule has 1 aromatic carbocycles. The molecule has 1 aromatic heterocycles. The Bertz CT molecular complexity index is 797. The van der Waals surface area contributed by atoms with E-state index in [-0.39, 0.29) is 6.42 Å². The molecule has 4 rings (SSSR count). The highest BCUT2D eigenvalue weighted by Gasteiger charge is 2.34. The van der Waals surface area contributed by atoms with E-state index in [9.17, 15) is 9.90 Å². The molecule has 2 aliphatic heterocycles. The molecular weight excluding hydrogens is 354 g/mol. The molecule has 28 heavy (non-hydrogen) atoms. The first-order chi connectivity index (χ1) is 13.6. The molecule has 2 atom stereocenters. The lowest BCUT2D eigenvalue weighted by atomic mass is 9.86. The normalized spacial score (nSPS) is 25.3. The summed E-state index contributed by atoms with van der Waals surface area (Å²) >= 11 is 0. The highest BCUT2D eigenvalue weighted by atomic mass is 16.4. The average Bonchev–Trinajstić information content (AvgIpc) is 3.15. The first-order valence-corrected chi connectivity index (χ1v) is 10.4. The second-order valence-corrected chi connectivity index (χ2v) is 8.42. The third kappa shape index (κ3) is 4.57. The van der Waals surface area contributed by atoms with Crippen molar-refractivity contribution in [1.29, 1.82) is 0 Å². The number of furan rings is 1. The fraction of sp³-hybridized carbons (Fsp3) is 0.591. The predicted octanol–water partition coefficient (Wildman–Crippen LogP) is 2.74. The largest absolute Gasteiger partial charge is 0.481 e. The number of likely N-dealkylation sites (tertiary alicyclic amines) is 1. The number of hydrogen-bond acceptors (Lipinski definition) is 5. The van der Waals surface area contributed by atoms with Crippen LogP contribution in [0.25, 0.3) is 11.0 Å². The lowest BCUT2D eigenvalue weighted by Gasteiger charge is -2.46. The highest BCUT2D eigenvalue weighted by Crippen LogP contribution is 2.28. The molecule has 2 aliphatic rings. The van der Waals surface area contributed by atoms with Crippen molar-refractivity contribution in [2.75, 3.05) is 46.3 Å². The Kier molecular flexibility index (Phi) is 5.99. The van der Waals surface area contributed by atoms with E-state index in [0.717, 1.165) is 69.6 Å². The standard InChI is InChI=1S/C22H31N3O3/c1-23-9-11-25(12-10-23)20-6-8-24(16-19(20)3-5-22(26)27)15-17-2-4-21-18(14-17)7-13-28-21/h2,4,7,13-14,19-20H,3,5-6,8-12,15-16H2,1H3,(H,26,27)/t19-,20+/m1/s1. The number of piperidine rings is 1. The molecule has 3 heterocycles. The SMILES string of the molecule is CN1CCN([C@H]2CCN(Cc3ccc4occc4c3)C[C@H]2CCC(=O)O)CC1. The molecule has 6 nitrogen and oxygen atoms in total. The van der Waals surface area contributed by atoms with E-state index in [1.807, 2.05) is 12.1 Å². The van der Waals surface area contributed by atoms with Gasteiger partial charge in [0.05, 0.1) is 6.26 Å². The summed E-state index contributed by atoms with van der Waals surface area (Å²) < 4.78 is 5.44. The maximum absolute atomic E-state index is 11.2. The lowest BCUT2D eigenvalue weighted by Crippen LogP contribution is -2.56. The maximum Gasteiger partial charge on any atom is 0.303 e. The van der Waals surface area contributed by atoms with Crippen LogP contribution in [0.4, 0.5) is 0 Å². The van der Waals surface area contributed by atoms with Crippen molar-refractivity contribution in [2.24, 2.45) is 5.92 Å². The zero-order chi connectivity index (χ0) is 19.5. The summed E-state index contributed by atoms with van der Waals surface area (Å²) in [7, 11) is 2.18. The summed E-state index contributed by atoms with van der Waals surface area (Å²) in [5.74, 6) is -0.259. The van der Waals surface area contributed by atoms with Gasteiger partial charge in [-0.25, -0.2) is 0 Å². The van der Waals surface area contributed by atoms with Gasteiger partial charge in [0.15, 0.2) is 0 Å². The van der Waals surface area contributed by atoms with Crippen LogP contribution >= 0.6 is 0 Å². The molecule has 0 amide bonds. The molecule has 6 heteroatoms. The number of aliphatic carboxylic acids is 1. The highest BCUT2D eigenvalue weighted by molar-refractivity contribution is 5.77. The van der Waals surface area contributed by atoms with Crippen molar-refractivity contribution in [1.82, 2.24) is 14.7 Å². The molecule has 0 saturated carbocycles. The molecule has 2 fully saturated rings. The van der Waals surface area contributed by atoms with Crippen LogP contribution in [-0.2, 0) is 11.3 Å². The summed E-state index contributed by atoms with van der Waals surface area (Å²) in [5, 5.41) is 10.4. The van der Waals surface area contributed by atoms with Gasteiger partial charge in [-0.1, -0.05) is 6.07 Å². The molecule has 0 radical (unpaired) electrons. The smallest absolute Gasteiger partial charge is 0.303 e. The number of piperazine rings is 1. The van der Waals surface area contributed by atoms with Crippen LogP contribution in [0.15, 0.2) is 34.9 Å². The molecule has 1 N–H and O–H groups in total. The summed E-state index contributed by atoms with van der Waals surface area (Å²) in [4.78, 5) is 18.7. The number of carboxylic acids is 1. The fourth-order valence-corrected chi connectivity index (χ4v) is 4.84. The van der Waals surface area contributed by atoms with E-state index < -0.39 is 5.97 Å². The Morgan fingerprint density at radius 3 is 2.79 bits per heavy atom. The van der Waals surface area contributed by atoms with Crippen molar-refractivity contribution in [2.45, 2.75) is 31.8 Å². The van der Waals surface area contributed by atoms with Gasteiger partial charge in [0.2, 0.25) is 0 Å². The first kappa shape index (κ1) is 19.4. The van der Waals surface area contributed by atoms with Gasteiger partial charge in [-0.3, -0.25) is 14.6 Å². The zero-order valence-electron chi connectivity index (χ0n) is 16.7. The Morgan fingerprint density at radius 1 is 1.18 bits per heavy atom. The van der Waals surface area contributed by atoms with Gasteiger partial charge in [-0.05, 0) is 56.1 Å². The van der Waals surface area contributed by atoms with Crippen molar-refractivity contribution in [3.63, 3.8) is 0 Å². The number of nitrogens with zero attached hydrogens (tertiary/aromatic N) is 3. The summed E-state index contributed by atoms with van der Waals surface area (Å²) in [6, 6.07) is 8.92. The van der Waals surface area contributed by atoms with Gasteiger partial charge < -0.3 is 14.4 Å². The van der Waals surface area contributed by atoms with E-state index in [0.29, 0.717) is 12.0 Å².